The summed E-state index contributed by atoms with van der Waals surface area (Å²) in [6.07, 6.45) is 8.88. The topological polar surface area (TPSA) is 3.24 Å². The van der Waals surface area contributed by atoms with Crippen molar-refractivity contribution >= 4 is 11.6 Å². The third-order valence-corrected chi connectivity index (χ3v) is 2.30. The van der Waals surface area contributed by atoms with Crippen LogP contribution in [0.3, 0.4) is 0 Å². The van der Waals surface area contributed by atoms with Gasteiger partial charge in [-0.15, -0.1) is 11.6 Å². The molecule has 68 valence electrons. The average Bonchev–Trinajstić information content (AvgIpc) is 2.05. The first-order valence-corrected chi connectivity index (χ1v) is 4.79. The van der Waals surface area contributed by atoms with Crippen LogP contribution in [0.25, 0.3) is 0 Å². The van der Waals surface area contributed by atoms with Crippen molar-refractivity contribution in [3.8, 4) is 0 Å². The van der Waals surface area contributed by atoms with Crippen molar-refractivity contribution in [3.05, 3.63) is 23.8 Å². The standard InChI is InChI=1S/C10H16ClN/c1-12(2)8-10(11)9-6-4-3-5-7-9/h4,6-7,10H,3,5,8H2,1-2H3. The lowest BCUT2D eigenvalue weighted by atomic mass is 10.0. The first-order valence-electron chi connectivity index (χ1n) is 4.35. The third-order valence-electron chi connectivity index (χ3n) is 1.91. The number of rotatable bonds is 3. The van der Waals surface area contributed by atoms with Crippen LogP contribution in [0.1, 0.15) is 12.8 Å². The molecule has 0 heterocycles. The number of hydrogen-bond acceptors (Lipinski definition) is 1. The second-order valence-electron chi connectivity index (χ2n) is 3.41. The van der Waals surface area contributed by atoms with E-state index in [1.807, 2.05) is 14.1 Å². The second-order valence-corrected chi connectivity index (χ2v) is 3.94. The molecule has 0 fully saturated rings. The van der Waals surface area contributed by atoms with Crippen molar-refractivity contribution in [2.45, 2.75) is 18.2 Å². The molecular formula is C10H16ClN. The van der Waals surface area contributed by atoms with E-state index in [1.165, 1.54) is 5.57 Å². The number of hydrogen-bond donors (Lipinski definition) is 0. The van der Waals surface area contributed by atoms with Crippen molar-refractivity contribution in [1.82, 2.24) is 4.90 Å². The average molecular weight is 186 g/mol. The summed E-state index contributed by atoms with van der Waals surface area (Å²) in [6.45, 7) is 0.914. The normalized spacial score (nSPS) is 19.5. The molecule has 0 amide bonds. The van der Waals surface area contributed by atoms with Crippen LogP contribution in [0.4, 0.5) is 0 Å². The van der Waals surface area contributed by atoms with Crippen LogP contribution < -0.4 is 0 Å². The van der Waals surface area contributed by atoms with Gasteiger partial charge in [0.25, 0.3) is 0 Å². The molecule has 1 nitrogen and oxygen atoms in total. The number of halogens is 1. The molecule has 1 aliphatic carbocycles. The monoisotopic (exact) mass is 185 g/mol. The smallest absolute Gasteiger partial charge is 0.0708 e. The van der Waals surface area contributed by atoms with Gasteiger partial charge in [0, 0.05) is 6.54 Å². The van der Waals surface area contributed by atoms with Crippen LogP contribution in [-0.2, 0) is 0 Å². The molecule has 0 saturated carbocycles. The van der Waals surface area contributed by atoms with Crippen LogP contribution in [0.15, 0.2) is 23.8 Å². The molecule has 0 bridgehead atoms. The molecule has 0 spiro atoms. The van der Waals surface area contributed by atoms with Crippen molar-refractivity contribution in [3.63, 3.8) is 0 Å². The lowest BCUT2D eigenvalue weighted by molar-refractivity contribution is 0.416. The van der Waals surface area contributed by atoms with E-state index < -0.39 is 0 Å². The first kappa shape index (κ1) is 9.82. The maximum absolute atomic E-state index is 6.19. The van der Waals surface area contributed by atoms with Crippen LogP contribution in [0.2, 0.25) is 0 Å². The van der Waals surface area contributed by atoms with Crippen LogP contribution in [-0.4, -0.2) is 30.9 Å². The summed E-state index contributed by atoms with van der Waals surface area (Å²) in [7, 11) is 4.09. The fraction of sp³-hybridized carbons (Fsp3) is 0.600. The van der Waals surface area contributed by atoms with E-state index in [1.54, 1.807) is 0 Å². The van der Waals surface area contributed by atoms with Gasteiger partial charge in [-0.3, -0.25) is 0 Å². The Morgan fingerprint density at radius 1 is 1.50 bits per heavy atom. The van der Waals surface area contributed by atoms with E-state index >= 15 is 0 Å². The van der Waals surface area contributed by atoms with Crippen molar-refractivity contribution in [2.24, 2.45) is 0 Å². The van der Waals surface area contributed by atoms with E-state index in [2.05, 4.69) is 23.1 Å². The molecule has 12 heavy (non-hydrogen) atoms. The maximum atomic E-state index is 6.19. The summed E-state index contributed by atoms with van der Waals surface area (Å²) < 4.78 is 0. The minimum atomic E-state index is 0.150. The van der Waals surface area contributed by atoms with Crippen LogP contribution in [0, 0.1) is 0 Å². The van der Waals surface area contributed by atoms with E-state index in [4.69, 9.17) is 11.6 Å². The van der Waals surface area contributed by atoms with Gasteiger partial charge in [0.05, 0.1) is 5.38 Å². The lowest BCUT2D eigenvalue weighted by Crippen LogP contribution is -2.23. The van der Waals surface area contributed by atoms with Crippen LogP contribution in [0.5, 0.6) is 0 Å². The van der Waals surface area contributed by atoms with E-state index in [9.17, 15) is 0 Å². The Morgan fingerprint density at radius 2 is 2.25 bits per heavy atom. The number of nitrogens with zero attached hydrogens (tertiary/aromatic N) is 1. The summed E-state index contributed by atoms with van der Waals surface area (Å²) >= 11 is 6.19. The fourth-order valence-corrected chi connectivity index (χ4v) is 1.73. The minimum Gasteiger partial charge on any atom is -0.308 e. The first-order chi connectivity index (χ1) is 5.70. The largest absolute Gasteiger partial charge is 0.308 e. The van der Waals surface area contributed by atoms with E-state index in [0.29, 0.717) is 0 Å². The van der Waals surface area contributed by atoms with Crippen molar-refractivity contribution in [1.29, 1.82) is 0 Å². The summed E-state index contributed by atoms with van der Waals surface area (Å²) in [5.74, 6) is 0. The highest BCUT2D eigenvalue weighted by Crippen LogP contribution is 2.17. The Bertz CT molecular complexity index is 194. The quantitative estimate of drug-likeness (QED) is 0.611. The van der Waals surface area contributed by atoms with E-state index in [-0.39, 0.29) is 5.38 Å². The molecule has 1 aliphatic rings. The van der Waals surface area contributed by atoms with Gasteiger partial charge in [-0.25, -0.2) is 0 Å². The zero-order chi connectivity index (χ0) is 8.97. The molecule has 0 aromatic heterocycles. The van der Waals surface area contributed by atoms with Gasteiger partial charge in [-0.2, -0.15) is 0 Å². The fourth-order valence-electron chi connectivity index (χ4n) is 1.29. The van der Waals surface area contributed by atoms with Gasteiger partial charge in [0.15, 0.2) is 0 Å². The molecule has 0 N–H and O–H groups in total. The molecule has 0 aromatic carbocycles. The number of allylic oxidation sites excluding steroid dienone is 3. The molecule has 0 radical (unpaired) electrons. The molecule has 0 saturated heterocycles. The van der Waals surface area contributed by atoms with Gasteiger partial charge in [-0.05, 0) is 32.5 Å². The molecule has 1 atom stereocenters. The van der Waals surface area contributed by atoms with Gasteiger partial charge < -0.3 is 4.90 Å². The molecule has 1 rings (SSSR count). The SMILES string of the molecule is CN(C)CC(Cl)C1=CCCC=C1. The predicted molar refractivity (Wildman–Crippen MR) is 54.7 cm³/mol. The summed E-state index contributed by atoms with van der Waals surface area (Å²) in [6, 6.07) is 0. The second kappa shape index (κ2) is 4.68. The van der Waals surface area contributed by atoms with Crippen molar-refractivity contribution < 1.29 is 0 Å². The van der Waals surface area contributed by atoms with E-state index in [0.717, 1.165) is 19.4 Å². The molecule has 1 unspecified atom stereocenters. The number of alkyl halides is 1. The van der Waals surface area contributed by atoms with Crippen LogP contribution >= 0.6 is 11.6 Å². The van der Waals surface area contributed by atoms with Gasteiger partial charge in [0.1, 0.15) is 0 Å². The van der Waals surface area contributed by atoms with Gasteiger partial charge in [-0.1, -0.05) is 18.2 Å². The molecule has 0 aromatic rings. The molecule has 0 aliphatic heterocycles. The van der Waals surface area contributed by atoms with Gasteiger partial charge in [0.2, 0.25) is 0 Å². The molecule has 2 heteroatoms. The summed E-state index contributed by atoms with van der Waals surface area (Å²) in [4.78, 5) is 2.11. The van der Waals surface area contributed by atoms with Gasteiger partial charge >= 0.3 is 0 Å². The highest BCUT2D eigenvalue weighted by atomic mass is 35.5. The minimum absolute atomic E-state index is 0.150. The highest BCUT2D eigenvalue weighted by molar-refractivity contribution is 6.22. The molecular weight excluding hydrogens is 170 g/mol. The maximum Gasteiger partial charge on any atom is 0.0708 e. The summed E-state index contributed by atoms with van der Waals surface area (Å²) in [5.41, 5.74) is 1.27. The lowest BCUT2D eigenvalue weighted by Gasteiger charge is -2.17. The zero-order valence-corrected chi connectivity index (χ0v) is 8.51. The highest BCUT2D eigenvalue weighted by Gasteiger charge is 2.10. The third kappa shape index (κ3) is 3.00. The van der Waals surface area contributed by atoms with Crippen molar-refractivity contribution in [2.75, 3.05) is 20.6 Å². The Labute approximate surface area is 79.7 Å². The zero-order valence-electron chi connectivity index (χ0n) is 7.76. The Balaban J connectivity index is 2.46. The summed E-state index contributed by atoms with van der Waals surface area (Å²) in [5, 5.41) is 0.150. The Hall–Kier alpha value is -0.270. The Kier molecular flexibility index (Phi) is 3.83. The predicted octanol–water partition coefficient (Wildman–Crippen LogP) is 2.43. The Morgan fingerprint density at radius 3 is 2.75 bits per heavy atom.